The second-order valence-electron chi connectivity index (χ2n) is 8.37. The molecule has 2 aliphatic heterocycles. The van der Waals surface area contributed by atoms with Gasteiger partial charge in [0, 0.05) is 61.6 Å². The van der Waals surface area contributed by atoms with Crippen molar-refractivity contribution in [3.8, 4) is 5.75 Å². The predicted octanol–water partition coefficient (Wildman–Crippen LogP) is 4.41. The standard InChI is InChI=1S/C25H31N3O2S/c1-29-28-11-8-20-6-7-22(18-21(20)19-28)30-16-3-10-26-12-14-27(15-13-26)24-4-2-5-25-23(24)9-17-31-25/h2,4-7,9,17-18H,3,8,10-16,19H2,1H3. The second kappa shape index (κ2) is 9.57. The number of hydrogen-bond acceptors (Lipinski definition) is 6. The molecule has 0 amide bonds. The number of benzene rings is 2. The minimum Gasteiger partial charge on any atom is -0.494 e. The summed E-state index contributed by atoms with van der Waals surface area (Å²) >= 11 is 1.83. The van der Waals surface area contributed by atoms with Crippen molar-refractivity contribution in [2.75, 3.05) is 57.9 Å². The lowest BCUT2D eigenvalue weighted by Gasteiger charge is -2.36. The van der Waals surface area contributed by atoms with Gasteiger partial charge in [-0.15, -0.1) is 11.3 Å². The number of fused-ring (bicyclic) bond motifs is 2. The summed E-state index contributed by atoms with van der Waals surface area (Å²) in [6.45, 7) is 8.08. The normalized spacial score (nSPS) is 17.8. The molecule has 0 spiro atoms. The molecule has 2 aromatic carbocycles. The molecule has 1 fully saturated rings. The third-order valence-corrected chi connectivity index (χ3v) is 7.37. The van der Waals surface area contributed by atoms with Gasteiger partial charge >= 0.3 is 0 Å². The molecule has 0 atom stereocenters. The van der Waals surface area contributed by atoms with Gasteiger partial charge in [0.05, 0.1) is 13.7 Å². The van der Waals surface area contributed by atoms with E-state index in [1.165, 1.54) is 26.9 Å². The number of thiophene rings is 1. The first kappa shape index (κ1) is 20.8. The maximum absolute atomic E-state index is 6.07. The van der Waals surface area contributed by atoms with Gasteiger partial charge in [-0.1, -0.05) is 12.1 Å². The van der Waals surface area contributed by atoms with Gasteiger partial charge in [0.1, 0.15) is 5.75 Å². The molecule has 0 unspecified atom stereocenters. The first-order chi connectivity index (χ1) is 15.3. The van der Waals surface area contributed by atoms with Crippen LogP contribution in [-0.4, -0.2) is 62.9 Å². The monoisotopic (exact) mass is 437 g/mol. The Hall–Kier alpha value is -2.12. The van der Waals surface area contributed by atoms with E-state index in [9.17, 15) is 0 Å². The third kappa shape index (κ3) is 4.72. The van der Waals surface area contributed by atoms with Crippen LogP contribution in [0.2, 0.25) is 0 Å². The summed E-state index contributed by atoms with van der Waals surface area (Å²) in [7, 11) is 1.74. The van der Waals surface area contributed by atoms with E-state index >= 15 is 0 Å². The van der Waals surface area contributed by atoms with Crippen molar-refractivity contribution in [2.24, 2.45) is 0 Å². The van der Waals surface area contributed by atoms with Gasteiger partial charge in [-0.25, -0.2) is 0 Å². The van der Waals surface area contributed by atoms with Gasteiger partial charge in [-0.05, 0) is 59.7 Å². The van der Waals surface area contributed by atoms with Crippen LogP contribution in [0.1, 0.15) is 17.5 Å². The molecule has 1 saturated heterocycles. The van der Waals surface area contributed by atoms with Crippen molar-refractivity contribution in [1.82, 2.24) is 9.96 Å². The Kier molecular flexibility index (Phi) is 6.41. The van der Waals surface area contributed by atoms with Crippen LogP contribution in [0.3, 0.4) is 0 Å². The van der Waals surface area contributed by atoms with Gasteiger partial charge in [0.15, 0.2) is 0 Å². The fourth-order valence-electron chi connectivity index (χ4n) is 4.70. The predicted molar refractivity (Wildman–Crippen MR) is 128 cm³/mol. The minimum atomic E-state index is 0.765. The van der Waals surface area contributed by atoms with Gasteiger partial charge in [-0.3, -0.25) is 4.90 Å². The SMILES string of the molecule is CON1CCc2ccc(OCCCN3CCN(c4cccc5sccc45)CC3)cc2C1. The molecule has 6 heteroatoms. The molecule has 5 rings (SSSR count). The third-order valence-electron chi connectivity index (χ3n) is 6.49. The Labute approximate surface area is 188 Å². The molecule has 3 heterocycles. The largest absolute Gasteiger partial charge is 0.494 e. The minimum absolute atomic E-state index is 0.765. The molecule has 0 N–H and O–H groups in total. The van der Waals surface area contributed by atoms with Crippen molar-refractivity contribution in [3.05, 3.63) is 59.0 Å². The molecular formula is C25H31N3O2S. The van der Waals surface area contributed by atoms with Crippen LogP contribution < -0.4 is 9.64 Å². The van der Waals surface area contributed by atoms with E-state index in [0.717, 1.165) is 71.0 Å². The summed E-state index contributed by atoms with van der Waals surface area (Å²) in [5.41, 5.74) is 4.13. The van der Waals surface area contributed by atoms with Gasteiger partial charge in [-0.2, -0.15) is 5.06 Å². The lowest BCUT2D eigenvalue weighted by molar-refractivity contribution is -0.142. The van der Waals surface area contributed by atoms with Crippen LogP contribution in [-0.2, 0) is 17.8 Å². The lowest BCUT2D eigenvalue weighted by atomic mass is 10.0. The van der Waals surface area contributed by atoms with Gasteiger partial charge in [0.2, 0.25) is 0 Å². The topological polar surface area (TPSA) is 28.2 Å². The first-order valence-electron chi connectivity index (χ1n) is 11.3. The Morgan fingerprint density at radius 3 is 2.74 bits per heavy atom. The smallest absolute Gasteiger partial charge is 0.119 e. The van der Waals surface area contributed by atoms with E-state index in [2.05, 4.69) is 57.6 Å². The zero-order valence-electron chi connectivity index (χ0n) is 18.3. The number of anilines is 1. The van der Waals surface area contributed by atoms with E-state index in [0.29, 0.717) is 0 Å². The summed E-state index contributed by atoms with van der Waals surface area (Å²) in [5, 5.41) is 5.60. The summed E-state index contributed by atoms with van der Waals surface area (Å²) < 4.78 is 7.45. The summed E-state index contributed by atoms with van der Waals surface area (Å²) in [6.07, 6.45) is 2.09. The van der Waals surface area contributed by atoms with Gasteiger partial charge in [0.25, 0.3) is 0 Å². The van der Waals surface area contributed by atoms with Crippen molar-refractivity contribution in [1.29, 1.82) is 0 Å². The highest BCUT2D eigenvalue weighted by molar-refractivity contribution is 7.17. The fraction of sp³-hybridized carbons (Fsp3) is 0.440. The van der Waals surface area contributed by atoms with Crippen LogP contribution in [0.15, 0.2) is 47.8 Å². The molecule has 0 saturated carbocycles. The zero-order chi connectivity index (χ0) is 21.0. The number of hydrogen-bond donors (Lipinski definition) is 0. The molecule has 164 valence electrons. The highest BCUT2D eigenvalue weighted by Gasteiger charge is 2.19. The first-order valence-corrected chi connectivity index (χ1v) is 12.2. The highest BCUT2D eigenvalue weighted by atomic mass is 32.1. The van der Waals surface area contributed by atoms with E-state index in [1.54, 1.807) is 7.11 Å². The number of rotatable bonds is 7. The maximum Gasteiger partial charge on any atom is 0.119 e. The number of ether oxygens (including phenoxy) is 1. The molecule has 3 aromatic rings. The lowest BCUT2D eigenvalue weighted by Crippen LogP contribution is -2.46. The number of nitrogens with zero attached hydrogens (tertiary/aromatic N) is 3. The Morgan fingerprint density at radius 1 is 0.968 bits per heavy atom. The highest BCUT2D eigenvalue weighted by Crippen LogP contribution is 2.31. The average Bonchev–Trinajstić information content (AvgIpc) is 3.31. The van der Waals surface area contributed by atoms with Crippen LogP contribution >= 0.6 is 11.3 Å². The maximum atomic E-state index is 6.07. The van der Waals surface area contributed by atoms with E-state index < -0.39 is 0 Å². The van der Waals surface area contributed by atoms with E-state index in [4.69, 9.17) is 9.57 Å². The van der Waals surface area contributed by atoms with Gasteiger partial charge < -0.3 is 14.5 Å². The molecule has 0 radical (unpaired) electrons. The molecule has 2 aliphatic rings. The quantitative estimate of drug-likeness (QED) is 0.511. The van der Waals surface area contributed by atoms with Crippen LogP contribution in [0.25, 0.3) is 10.1 Å². The van der Waals surface area contributed by atoms with Crippen molar-refractivity contribution < 1.29 is 9.57 Å². The number of hydroxylamine groups is 2. The summed E-state index contributed by atoms with van der Waals surface area (Å²) in [5.74, 6) is 0.977. The van der Waals surface area contributed by atoms with E-state index in [1.807, 2.05) is 16.4 Å². The molecule has 0 bridgehead atoms. The van der Waals surface area contributed by atoms with Crippen LogP contribution in [0.4, 0.5) is 5.69 Å². The second-order valence-corrected chi connectivity index (χ2v) is 9.31. The molecule has 1 aromatic heterocycles. The van der Waals surface area contributed by atoms with Crippen LogP contribution in [0, 0.1) is 0 Å². The number of piperazine rings is 1. The zero-order valence-corrected chi connectivity index (χ0v) is 19.1. The van der Waals surface area contributed by atoms with E-state index in [-0.39, 0.29) is 0 Å². The Morgan fingerprint density at radius 2 is 1.87 bits per heavy atom. The van der Waals surface area contributed by atoms with Crippen molar-refractivity contribution in [3.63, 3.8) is 0 Å². The summed E-state index contributed by atoms with van der Waals surface area (Å²) in [4.78, 5) is 10.5. The van der Waals surface area contributed by atoms with Crippen LogP contribution in [0.5, 0.6) is 5.75 Å². The fourth-order valence-corrected chi connectivity index (χ4v) is 5.51. The van der Waals surface area contributed by atoms with Crippen molar-refractivity contribution >= 4 is 27.1 Å². The Bertz CT molecular complexity index is 1010. The molecule has 0 aliphatic carbocycles. The van der Waals surface area contributed by atoms with Crippen molar-refractivity contribution in [2.45, 2.75) is 19.4 Å². The molecule has 5 nitrogen and oxygen atoms in total. The average molecular weight is 438 g/mol. The Balaban J connectivity index is 1.07. The molecule has 31 heavy (non-hydrogen) atoms. The molecular weight excluding hydrogens is 406 g/mol. The summed E-state index contributed by atoms with van der Waals surface area (Å²) in [6, 6.07) is 15.4.